The second-order valence-electron chi connectivity index (χ2n) is 11.3. The summed E-state index contributed by atoms with van der Waals surface area (Å²) in [5.41, 5.74) is -0.933. The molecule has 1 saturated carbocycles. The topological polar surface area (TPSA) is 176 Å². The summed E-state index contributed by atoms with van der Waals surface area (Å²) >= 11 is 0. The van der Waals surface area contributed by atoms with Crippen molar-refractivity contribution in [2.45, 2.75) is 20.8 Å². The smallest absolute Gasteiger partial charge is 0.335 e. The molecule has 4 amide bonds. The van der Waals surface area contributed by atoms with E-state index in [4.69, 9.17) is 4.74 Å². The Bertz CT molecular complexity index is 1590. The van der Waals surface area contributed by atoms with Crippen LogP contribution in [-0.2, 0) is 28.7 Å². The number of benzene rings is 2. The van der Waals surface area contributed by atoms with Crippen LogP contribution in [0, 0.1) is 35.0 Å². The Hall–Kier alpha value is -5.13. The van der Waals surface area contributed by atoms with Crippen LogP contribution in [0.15, 0.2) is 59.7 Å². The van der Waals surface area contributed by atoms with Crippen molar-refractivity contribution in [3.8, 4) is 0 Å². The van der Waals surface area contributed by atoms with Crippen molar-refractivity contribution in [2.75, 3.05) is 16.4 Å². The Labute approximate surface area is 244 Å². The van der Waals surface area contributed by atoms with Crippen molar-refractivity contribution in [3.05, 3.63) is 70.8 Å². The number of nitrogens with zero attached hydrogens (tertiary/aromatic N) is 2. The molecule has 43 heavy (non-hydrogen) atoms. The average molecular weight is 587 g/mol. The summed E-state index contributed by atoms with van der Waals surface area (Å²) in [5, 5.41) is 18.5. The molecule has 2 saturated heterocycles. The van der Waals surface area contributed by atoms with Crippen molar-refractivity contribution >= 4 is 52.9 Å². The van der Waals surface area contributed by atoms with Gasteiger partial charge in [-0.15, -0.1) is 0 Å². The van der Waals surface area contributed by atoms with Crippen molar-refractivity contribution in [1.29, 1.82) is 0 Å². The molecule has 2 aliphatic heterocycles. The zero-order chi connectivity index (χ0) is 31.1. The largest absolute Gasteiger partial charge is 0.478 e. The van der Waals surface area contributed by atoms with Gasteiger partial charge in [0.1, 0.15) is 0 Å². The fraction of sp³-hybridized carbons (Fsp3) is 0.323. The van der Waals surface area contributed by atoms with Gasteiger partial charge in [-0.2, -0.15) is 0 Å². The first kappa shape index (κ1) is 28.0. The second kappa shape index (κ2) is 9.45. The summed E-state index contributed by atoms with van der Waals surface area (Å²) in [4.78, 5) is 94.5. The molecule has 12 nitrogen and oxygen atoms in total. The number of hydrogen-bond donors (Lipinski definition) is 2. The van der Waals surface area contributed by atoms with Crippen LogP contribution in [0.5, 0.6) is 0 Å². The van der Waals surface area contributed by atoms with Gasteiger partial charge in [0.15, 0.2) is 0 Å². The van der Waals surface area contributed by atoms with E-state index in [0.717, 1.165) is 9.80 Å². The normalized spacial score (nSPS) is 29.2. The van der Waals surface area contributed by atoms with Gasteiger partial charge in [-0.1, -0.05) is 12.5 Å². The minimum atomic E-state index is -1.61. The third-order valence-electron chi connectivity index (χ3n) is 9.43. The molecule has 0 radical (unpaired) electrons. The maximum Gasteiger partial charge on any atom is 0.335 e. The lowest BCUT2D eigenvalue weighted by Gasteiger charge is -2.55. The van der Waals surface area contributed by atoms with E-state index < -0.39 is 76.5 Å². The summed E-state index contributed by atoms with van der Waals surface area (Å²) in [5.74, 6) is -11.1. The average Bonchev–Trinajstić information content (AvgIpc) is 3.39. The van der Waals surface area contributed by atoms with E-state index in [1.165, 1.54) is 48.5 Å². The van der Waals surface area contributed by atoms with E-state index >= 15 is 0 Å². The maximum atomic E-state index is 14.2. The second-order valence-corrected chi connectivity index (χ2v) is 11.3. The SMILES string of the molecule is CCOC(=O)C1=C(C)C2[C@@H]3C(=O)N(c4ccc(C(=O)O)cc4)C(=O)[C@@H]3C1(C)[C@H]1C(=O)N(c3ccc(C(=O)O)cc3)C(=O)[C@@H]21. The molecule has 0 aromatic heterocycles. The number of allylic oxidation sites excluding steroid dienone is 1. The van der Waals surface area contributed by atoms with Crippen molar-refractivity contribution in [3.63, 3.8) is 0 Å². The number of rotatable bonds is 6. The van der Waals surface area contributed by atoms with Crippen molar-refractivity contribution < 1.29 is 48.5 Å². The standard InChI is InChI=1S/C31H26N2O10/c1-4-43-30(42)21-13(2)18-19-22(26(36)32(24(19)34)16-9-5-14(6-10-16)28(38)39)31(21,3)23-20(18)25(35)33(27(23)37)17-11-7-15(8-12-17)29(40)41/h5-12,18-20,22-23H,4H2,1-3H3,(H,38,39)(H,40,41)/t18?,19-,20-,22+,23+,31?/m0/s1. The molecule has 3 fully saturated rings. The van der Waals surface area contributed by atoms with Gasteiger partial charge in [0.2, 0.25) is 23.6 Å². The number of carboxylic acids is 2. The van der Waals surface area contributed by atoms with Crippen molar-refractivity contribution in [1.82, 2.24) is 0 Å². The van der Waals surface area contributed by atoms with Gasteiger partial charge in [-0.05, 0) is 62.4 Å². The molecule has 2 aromatic rings. The highest BCUT2D eigenvalue weighted by molar-refractivity contribution is 6.27. The molecule has 2 bridgehead atoms. The zero-order valence-electron chi connectivity index (χ0n) is 23.3. The Balaban J connectivity index is 1.49. The highest BCUT2D eigenvalue weighted by Crippen LogP contribution is 2.68. The van der Waals surface area contributed by atoms with E-state index in [1.807, 2.05) is 0 Å². The van der Waals surface area contributed by atoms with E-state index in [2.05, 4.69) is 0 Å². The molecule has 220 valence electrons. The zero-order valence-corrected chi connectivity index (χ0v) is 23.3. The maximum absolute atomic E-state index is 14.2. The summed E-state index contributed by atoms with van der Waals surface area (Å²) < 4.78 is 5.36. The van der Waals surface area contributed by atoms with Crippen LogP contribution in [0.1, 0.15) is 41.5 Å². The number of anilines is 2. The highest BCUT2D eigenvalue weighted by Gasteiger charge is 2.77. The lowest BCUT2D eigenvalue weighted by atomic mass is 9.43. The van der Waals surface area contributed by atoms with Crippen LogP contribution >= 0.6 is 0 Å². The van der Waals surface area contributed by atoms with Gasteiger partial charge in [0, 0.05) is 16.9 Å². The van der Waals surface area contributed by atoms with Crippen LogP contribution in [0.3, 0.4) is 0 Å². The van der Waals surface area contributed by atoms with E-state index in [9.17, 15) is 43.8 Å². The van der Waals surface area contributed by atoms with Gasteiger partial charge in [0.25, 0.3) is 0 Å². The minimum absolute atomic E-state index is 0.0163. The lowest BCUT2D eigenvalue weighted by Crippen LogP contribution is -2.61. The first-order valence-electron chi connectivity index (χ1n) is 13.7. The number of carbonyl (C=O) groups excluding carboxylic acids is 5. The molecule has 12 heteroatoms. The molecular weight excluding hydrogens is 560 g/mol. The number of esters is 1. The molecule has 5 aliphatic rings. The van der Waals surface area contributed by atoms with E-state index in [0.29, 0.717) is 5.57 Å². The molecule has 3 aliphatic carbocycles. The Kier molecular flexibility index (Phi) is 6.15. The molecule has 4 atom stereocenters. The third-order valence-corrected chi connectivity index (χ3v) is 9.43. The highest BCUT2D eigenvalue weighted by atomic mass is 16.5. The number of carboxylic acid groups (broad SMARTS) is 2. The van der Waals surface area contributed by atoms with Crippen molar-refractivity contribution in [2.24, 2.45) is 35.0 Å². The van der Waals surface area contributed by atoms with E-state index in [-0.39, 0.29) is 34.7 Å². The first-order valence-corrected chi connectivity index (χ1v) is 13.7. The Morgan fingerprint density at radius 2 is 1.12 bits per heavy atom. The predicted molar refractivity (Wildman–Crippen MR) is 147 cm³/mol. The Morgan fingerprint density at radius 3 is 1.47 bits per heavy atom. The number of amides is 4. The molecule has 2 aromatic carbocycles. The quantitative estimate of drug-likeness (QED) is 0.378. The molecule has 2 heterocycles. The number of hydrogen-bond acceptors (Lipinski definition) is 8. The first-order chi connectivity index (χ1) is 20.4. The van der Waals surface area contributed by atoms with Crippen LogP contribution in [0.2, 0.25) is 0 Å². The van der Waals surface area contributed by atoms with Crippen LogP contribution in [-0.4, -0.2) is 58.4 Å². The van der Waals surface area contributed by atoms with Crippen LogP contribution in [0.25, 0.3) is 0 Å². The predicted octanol–water partition coefficient (Wildman–Crippen LogP) is 2.52. The molecular formula is C31H26N2O10. The van der Waals surface area contributed by atoms with Crippen LogP contribution in [0.4, 0.5) is 11.4 Å². The number of imide groups is 2. The lowest BCUT2D eigenvalue weighted by molar-refractivity contribution is -0.155. The number of aromatic carboxylic acids is 2. The Morgan fingerprint density at radius 1 is 0.721 bits per heavy atom. The van der Waals surface area contributed by atoms with Gasteiger partial charge in [-0.25, -0.2) is 14.4 Å². The van der Waals surface area contributed by atoms with Crippen LogP contribution < -0.4 is 9.80 Å². The molecule has 2 N–H and O–H groups in total. The minimum Gasteiger partial charge on any atom is -0.478 e. The summed E-state index contributed by atoms with van der Waals surface area (Å²) in [7, 11) is 0. The van der Waals surface area contributed by atoms with Gasteiger partial charge in [-0.3, -0.25) is 29.0 Å². The number of carbonyl (C=O) groups is 7. The van der Waals surface area contributed by atoms with E-state index in [1.54, 1.807) is 20.8 Å². The summed E-state index contributed by atoms with van der Waals surface area (Å²) in [6.07, 6.45) is 0. The van der Waals surface area contributed by atoms with Gasteiger partial charge < -0.3 is 14.9 Å². The fourth-order valence-electron chi connectivity index (χ4n) is 7.82. The monoisotopic (exact) mass is 586 g/mol. The fourth-order valence-corrected chi connectivity index (χ4v) is 7.82. The molecule has 7 rings (SSSR count). The number of ether oxygens (including phenoxy) is 1. The molecule has 0 unspecified atom stereocenters. The third kappa shape index (κ3) is 3.58. The summed E-state index contributed by atoms with van der Waals surface area (Å²) in [6.45, 7) is 4.80. The van der Waals surface area contributed by atoms with Gasteiger partial charge in [0.05, 0.1) is 52.8 Å². The molecule has 0 spiro atoms. The van der Waals surface area contributed by atoms with Gasteiger partial charge >= 0.3 is 17.9 Å². The summed E-state index contributed by atoms with van der Waals surface area (Å²) in [6, 6.07) is 10.4.